The third kappa shape index (κ3) is 1.90. The summed E-state index contributed by atoms with van der Waals surface area (Å²) < 4.78 is 5.96. The van der Waals surface area contributed by atoms with Gasteiger partial charge in [-0.1, -0.05) is 30.3 Å². The van der Waals surface area contributed by atoms with Crippen LogP contribution in [0.3, 0.4) is 0 Å². The molecule has 0 saturated carbocycles. The van der Waals surface area contributed by atoms with Gasteiger partial charge in [-0.25, -0.2) is 0 Å². The fraction of sp³-hybridized carbons (Fsp3) is 0.250. The van der Waals surface area contributed by atoms with E-state index in [1.807, 2.05) is 44.2 Å². The third-order valence-corrected chi connectivity index (χ3v) is 3.57. The van der Waals surface area contributed by atoms with E-state index in [1.165, 1.54) is 0 Å². The van der Waals surface area contributed by atoms with Crippen molar-refractivity contribution in [2.24, 2.45) is 0 Å². The maximum absolute atomic E-state index is 9.30. The normalized spacial score (nSPS) is 24.5. The van der Waals surface area contributed by atoms with Gasteiger partial charge < -0.3 is 4.74 Å². The van der Waals surface area contributed by atoms with Gasteiger partial charge in [-0.05, 0) is 31.9 Å². The van der Waals surface area contributed by atoms with E-state index in [0.717, 1.165) is 11.1 Å². The summed E-state index contributed by atoms with van der Waals surface area (Å²) in [5, 5.41) is 18.3. The molecule has 0 spiro atoms. The largest absolute Gasteiger partial charge is 0.476 e. The molecule has 3 heteroatoms. The van der Waals surface area contributed by atoms with Gasteiger partial charge >= 0.3 is 0 Å². The molecule has 0 N–H and O–H groups in total. The maximum Gasteiger partial charge on any atom is 0.154 e. The Bertz CT molecular complexity index is 656. The molecule has 1 aromatic carbocycles. The minimum absolute atomic E-state index is 0.397. The van der Waals surface area contributed by atoms with E-state index >= 15 is 0 Å². The second kappa shape index (κ2) is 4.63. The number of benzene rings is 1. The molecule has 0 saturated heterocycles. The molecule has 0 aliphatic carbocycles. The van der Waals surface area contributed by atoms with Crippen LogP contribution in [0.2, 0.25) is 0 Å². The first-order valence-corrected chi connectivity index (χ1v) is 6.02. The average Bonchev–Trinajstić information content (AvgIpc) is 2.72. The summed E-state index contributed by atoms with van der Waals surface area (Å²) in [5.74, 6) is 0.397. The van der Waals surface area contributed by atoms with Crippen LogP contribution < -0.4 is 0 Å². The van der Waals surface area contributed by atoms with Crippen molar-refractivity contribution in [1.82, 2.24) is 0 Å². The zero-order chi connectivity index (χ0) is 14.0. The van der Waals surface area contributed by atoms with Gasteiger partial charge in [0.1, 0.15) is 6.07 Å². The summed E-state index contributed by atoms with van der Waals surface area (Å²) in [6.07, 6.45) is 0. The number of hydrogen-bond donors (Lipinski definition) is 0. The molecule has 0 fully saturated rings. The van der Waals surface area contributed by atoms with Crippen LogP contribution in [-0.2, 0) is 10.3 Å². The van der Waals surface area contributed by atoms with Gasteiger partial charge in [0.05, 0.1) is 17.2 Å². The van der Waals surface area contributed by atoms with Crippen molar-refractivity contribution < 1.29 is 4.74 Å². The molecule has 0 amide bonds. The highest BCUT2D eigenvalue weighted by atomic mass is 16.5. The first-order valence-electron chi connectivity index (χ1n) is 6.02. The molecule has 1 aromatic rings. The lowest BCUT2D eigenvalue weighted by Gasteiger charge is -2.26. The van der Waals surface area contributed by atoms with Crippen LogP contribution in [-0.4, -0.2) is 0 Å². The van der Waals surface area contributed by atoms with E-state index in [9.17, 15) is 5.26 Å². The molecule has 0 bridgehead atoms. The highest BCUT2D eigenvalue weighted by Gasteiger charge is 2.41. The summed E-state index contributed by atoms with van der Waals surface area (Å²) in [6.45, 7) is 5.46. The van der Waals surface area contributed by atoms with Gasteiger partial charge in [0.15, 0.2) is 11.4 Å². The van der Waals surface area contributed by atoms with Gasteiger partial charge in [-0.2, -0.15) is 10.5 Å². The van der Waals surface area contributed by atoms with Crippen LogP contribution >= 0.6 is 0 Å². The molecule has 1 aliphatic rings. The number of allylic oxidation sites excluding steroid dienone is 2. The number of rotatable bonds is 1. The van der Waals surface area contributed by atoms with Crippen molar-refractivity contribution >= 4 is 0 Å². The minimum Gasteiger partial charge on any atom is -0.476 e. The quantitative estimate of drug-likeness (QED) is 0.716. The van der Waals surface area contributed by atoms with Crippen molar-refractivity contribution in [2.45, 2.75) is 26.4 Å². The first-order chi connectivity index (χ1) is 9.04. The summed E-state index contributed by atoms with van der Waals surface area (Å²) in [6, 6.07) is 13.9. The topological polar surface area (TPSA) is 56.8 Å². The Morgan fingerprint density at radius 1 is 1.21 bits per heavy atom. The van der Waals surface area contributed by atoms with E-state index in [1.54, 1.807) is 6.92 Å². The SMILES string of the molecule is CC1=C(C#N)/C(=C(\C)C#N)OC1(C)c1ccccc1. The zero-order valence-electron chi connectivity index (χ0n) is 11.2. The number of nitriles is 2. The lowest BCUT2D eigenvalue weighted by Crippen LogP contribution is -2.22. The van der Waals surface area contributed by atoms with E-state index in [4.69, 9.17) is 10.00 Å². The number of ether oxygens (including phenoxy) is 1. The van der Waals surface area contributed by atoms with Gasteiger partial charge in [-0.15, -0.1) is 0 Å². The second-order valence-electron chi connectivity index (χ2n) is 4.68. The molecule has 1 atom stereocenters. The van der Waals surface area contributed by atoms with Crippen LogP contribution in [0.5, 0.6) is 0 Å². The molecule has 0 aromatic heterocycles. The predicted molar refractivity (Wildman–Crippen MR) is 71.5 cm³/mol. The van der Waals surface area contributed by atoms with E-state index in [0.29, 0.717) is 16.9 Å². The molecule has 2 rings (SSSR count). The number of hydrogen-bond acceptors (Lipinski definition) is 3. The summed E-state index contributed by atoms with van der Waals surface area (Å²) in [7, 11) is 0. The monoisotopic (exact) mass is 250 g/mol. The minimum atomic E-state index is -0.681. The predicted octanol–water partition coefficient (Wildman–Crippen LogP) is 3.57. The molecule has 3 nitrogen and oxygen atoms in total. The zero-order valence-corrected chi connectivity index (χ0v) is 11.2. The van der Waals surface area contributed by atoms with Gasteiger partial charge in [-0.3, -0.25) is 0 Å². The molecule has 0 radical (unpaired) electrons. The molecular weight excluding hydrogens is 236 g/mol. The third-order valence-electron chi connectivity index (χ3n) is 3.57. The maximum atomic E-state index is 9.30. The van der Waals surface area contributed by atoms with Crippen molar-refractivity contribution in [2.75, 3.05) is 0 Å². The van der Waals surface area contributed by atoms with Crippen LogP contribution in [0.25, 0.3) is 0 Å². The lowest BCUT2D eigenvalue weighted by molar-refractivity contribution is 0.0723. The highest BCUT2D eigenvalue weighted by Crippen LogP contribution is 2.45. The van der Waals surface area contributed by atoms with Crippen LogP contribution in [0.15, 0.2) is 52.8 Å². The average molecular weight is 250 g/mol. The molecular formula is C16H14N2O. The van der Waals surface area contributed by atoms with Crippen LogP contribution in [0.1, 0.15) is 26.3 Å². The van der Waals surface area contributed by atoms with E-state index in [-0.39, 0.29) is 0 Å². The smallest absolute Gasteiger partial charge is 0.154 e. The van der Waals surface area contributed by atoms with Gasteiger partial charge in [0.25, 0.3) is 0 Å². The molecule has 1 unspecified atom stereocenters. The Balaban J connectivity index is 2.64. The van der Waals surface area contributed by atoms with Crippen molar-refractivity contribution in [3.8, 4) is 12.1 Å². The Kier molecular flexibility index (Phi) is 3.15. The lowest BCUT2D eigenvalue weighted by atomic mass is 9.88. The van der Waals surface area contributed by atoms with Gasteiger partial charge in [0.2, 0.25) is 0 Å². The first kappa shape index (κ1) is 12.9. The fourth-order valence-corrected chi connectivity index (χ4v) is 2.22. The van der Waals surface area contributed by atoms with Gasteiger partial charge in [0, 0.05) is 0 Å². The Morgan fingerprint density at radius 2 is 1.84 bits per heavy atom. The molecule has 1 heterocycles. The standard InChI is InChI=1S/C16H14N2O/c1-11(9-17)15-14(10-18)12(2)16(3,19-15)13-7-5-4-6-8-13/h4-8H,1-3H3/b15-11-. The van der Waals surface area contributed by atoms with Crippen LogP contribution in [0.4, 0.5) is 0 Å². The van der Waals surface area contributed by atoms with E-state index in [2.05, 4.69) is 12.1 Å². The summed E-state index contributed by atoms with van der Waals surface area (Å²) in [5.41, 5.74) is 2.02. The number of nitrogens with zero attached hydrogens (tertiary/aromatic N) is 2. The van der Waals surface area contributed by atoms with Crippen LogP contribution in [0, 0.1) is 22.7 Å². The van der Waals surface area contributed by atoms with Crippen molar-refractivity contribution in [3.05, 3.63) is 58.4 Å². The Morgan fingerprint density at radius 3 is 2.37 bits per heavy atom. The Labute approximate surface area is 113 Å². The molecule has 1 aliphatic heterocycles. The Hall–Kier alpha value is -2.52. The molecule has 94 valence electrons. The summed E-state index contributed by atoms with van der Waals surface area (Å²) >= 11 is 0. The van der Waals surface area contributed by atoms with E-state index < -0.39 is 5.60 Å². The van der Waals surface area contributed by atoms with Crippen molar-refractivity contribution in [3.63, 3.8) is 0 Å². The summed E-state index contributed by atoms with van der Waals surface area (Å²) in [4.78, 5) is 0. The second-order valence-corrected chi connectivity index (χ2v) is 4.68. The fourth-order valence-electron chi connectivity index (χ4n) is 2.22. The highest BCUT2D eigenvalue weighted by molar-refractivity contribution is 5.55. The molecule has 19 heavy (non-hydrogen) atoms. The van der Waals surface area contributed by atoms with Crippen molar-refractivity contribution in [1.29, 1.82) is 10.5 Å².